The topological polar surface area (TPSA) is 210 Å². The highest BCUT2D eigenvalue weighted by atomic mass is 19.4. The molecule has 3 aromatic carbocycles. The van der Waals surface area contributed by atoms with Gasteiger partial charge in [-0.05, 0) is 31.2 Å². The molecular weight excluding hydrogens is 697 g/mol. The van der Waals surface area contributed by atoms with Crippen LogP contribution in [0.25, 0.3) is 0 Å². The molecule has 14 nitrogen and oxygen atoms in total. The van der Waals surface area contributed by atoms with Gasteiger partial charge in [-0.1, -0.05) is 24.3 Å². The maximum atomic E-state index is 13.6. The van der Waals surface area contributed by atoms with E-state index in [4.69, 9.17) is 18.9 Å². The predicted octanol–water partition coefficient (Wildman–Crippen LogP) is 3.41. The number of amides is 2. The number of aliphatic hydroxyl groups is 2. The van der Waals surface area contributed by atoms with E-state index in [1.54, 1.807) is 17.4 Å². The molecule has 1 aliphatic heterocycles. The van der Waals surface area contributed by atoms with Gasteiger partial charge in [0, 0.05) is 47.2 Å². The van der Waals surface area contributed by atoms with Crippen molar-refractivity contribution in [3.8, 4) is 17.2 Å². The second kappa shape index (κ2) is 13.7. The molecular formula is C35H33F3N2O12. The summed E-state index contributed by atoms with van der Waals surface area (Å²) in [4.78, 5) is 51.7. The molecule has 6 atom stereocenters. The molecule has 2 amide bonds. The van der Waals surface area contributed by atoms with E-state index in [0.717, 1.165) is 0 Å². The molecule has 1 heterocycles. The van der Waals surface area contributed by atoms with E-state index < -0.39 is 114 Å². The molecule has 276 valence electrons. The number of carbonyl (C=O) groups is 4. The van der Waals surface area contributed by atoms with Crippen LogP contribution in [0.2, 0.25) is 0 Å². The van der Waals surface area contributed by atoms with Crippen molar-refractivity contribution >= 4 is 29.3 Å². The zero-order valence-electron chi connectivity index (χ0n) is 27.5. The van der Waals surface area contributed by atoms with Crippen molar-refractivity contribution < 1.29 is 71.7 Å². The number of benzene rings is 3. The van der Waals surface area contributed by atoms with Crippen LogP contribution in [0.1, 0.15) is 68.8 Å². The van der Waals surface area contributed by atoms with Gasteiger partial charge in [0.15, 0.2) is 17.9 Å². The second-order valence-corrected chi connectivity index (χ2v) is 12.8. The Labute approximate surface area is 293 Å². The van der Waals surface area contributed by atoms with E-state index in [1.165, 1.54) is 50.4 Å². The molecule has 6 rings (SSSR count). The zero-order valence-corrected chi connectivity index (χ0v) is 27.5. The first-order valence-corrected chi connectivity index (χ1v) is 16.0. The third kappa shape index (κ3) is 6.87. The van der Waals surface area contributed by atoms with Crippen molar-refractivity contribution in [3.05, 3.63) is 81.9 Å². The number of alkyl halides is 3. The molecule has 17 heteroatoms. The fourth-order valence-corrected chi connectivity index (χ4v) is 6.73. The molecule has 3 aromatic rings. The number of aromatic hydroxyl groups is 2. The first kappa shape index (κ1) is 36.6. The Morgan fingerprint density at radius 3 is 2.21 bits per heavy atom. The van der Waals surface area contributed by atoms with Gasteiger partial charge in [0.25, 0.3) is 0 Å². The smallest absolute Gasteiger partial charge is 0.471 e. The van der Waals surface area contributed by atoms with Gasteiger partial charge in [0.05, 0.1) is 36.5 Å². The Kier molecular flexibility index (Phi) is 9.65. The van der Waals surface area contributed by atoms with Crippen molar-refractivity contribution in [2.45, 2.75) is 68.6 Å². The lowest BCUT2D eigenvalue weighted by Crippen LogP contribution is -2.57. The number of methoxy groups -OCH3 is 1. The molecule has 0 unspecified atom stereocenters. The molecule has 52 heavy (non-hydrogen) atoms. The van der Waals surface area contributed by atoms with Crippen LogP contribution in [0, 0.1) is 0 Å². The molecule has 0 radical (unpaired) electrons. The largest absolute Gasteiger partial charge is 0.507 e. The van der Waals surface area contributed by atoms with E-state index in [-0.39, 0.29) is 22.3 Å². The van der Waals surface area contributed by atoms with Gasteiger partial charge in [-0.25, -0.2) is 4.79 Å². The number of nitrogens with one attached hydrogen (secondary N) is 2. The number of rotatable bonds is 7. The minimum absolute atomic E-state index is 0.0397. The van der Waals surface area contributed by atoms with Crippen molar-refractivity contribution in [1.29, 1.82) is 0 Å². The lowest BCUT2D eigenvalue weighted by molar-refractivity contribution is -0.252. The number of hydrogen-bond donors (Lipinski definition) is 6. The first-order valence-electron chi connectivity index (χ1n) is 16.0. The molecule has 1 fully saturated rings. The van der Waals surface area contributed by atoms with Crippen LogP contribution < -0.4 is 15.4 Å². The average Bonchev–Trinajstić information content (AvgIpc) is 3.09. The van der Waals surface area contributed by atoms with E-state index in [1.807, 2.05) is 0 Å². The Morgan fingerprint density at radius 2 is 1.62 bits per heavy atom. The van der Waals surface area contributed by atoms with E-state index >= 15 is 0 Å². The minimum Gasteiger partial charge on any atom is -0.507 e. The molecule has 0 spiro atoms. The number of anilines is 1. The number of phenols is 2. The second-order valence-electron chi connectivity index (χ2n) is 12.8. The van der Waals surface area contributed by atoms with Gasteiger partial charge in [-0.15, -0.1) is 0 Å². The van der Waals surface area contributed by atoms with Crippen LogP contribution in [-0.4, -0.2) is 94.0 Å². The van der Waals surface area contributed by atoms with Gasteiger partial charge >= 0.3 is 18.2 Å². The molecule has 3 aliphatic rings. The number of ketones is 2. The Balaban J connectivity index is 1.34. The van der Waals surface area contributed by atoms with Gasteiger partial charge in [0.1, 0.15) is 35.6 Å². The summed E-state index contributed by atoms with van der Waals surface area (Å²) in [5, 5.41) is 49.8. The van der Waals surface area contributed by atoms with Crippen LogP contribution >= 0.6 is 0 Å². The molecule has 0 bridgehead atoms. The fraction of sp³-hybridized carbons (Fsp3) is 0.371. The lowest BCUT2D eigenvalue weighted by Gasteiger charge is -2.43. The van der Waals surface area contributed by atoms with E-state index in [0.29, 0.717) is 11.4 Å². The monoisotopic (exact) mass is 730 g/mol. The first-order chi connectivity index (χ1) is 24.5. The average molecular weight is 731 g/mol. The summed E-state index contributed by atoms with van der Waals surface area (Å²) < 4.78 is 61.4. The van der Waals surface area contributed by atoms with Gasteiger partial charge in [-0.3, -0.25) is 19.7 Å². The quantitative estimate of drug-likeness (QED) is 0.151. The number of halogens is 3. The number of aliphatic hydroxyl groups excluding tert-OH is 1. The SMILES string of the molecule is COc1ccc(NC(=O)OC[C@]2(O)Cc3c(O)c4c(c(O)c3[C@@H](O[C@H]3C[C@H](NC(=O)C(F)(F)F)[C@H](O)[C@H](C)O3)C2)C(=O)c2ccccc2C4=O)cc1. The van der Waals surface area contributed by atoms with E-state index in [9.17, 15) is 52.8 Å². The number of fused-ring (bicyclic) bond motifs is 3. The molecule has 1 saturated heterocycles. The number of hydrogen-bond acceptors (Lipinski definition) is 12. The number of phenolic OH excluding ortho intramolecular Hbond substituents is 2. The van der Waals surface area contributed by atoms with Crippen LogP contribution in [-0.2, 0) is 25.4 Å². The Hall–Kier alpha value is -5.23. The predicted molar refractivity (Wildman–Crippen MR) is 171 cm³/mol. The van der Waals surface area contributed by atoms with Gasteiger partial charge in [0.2, 0.25) is 0 Å². The highest BCUT2D eigenvalue weighted by Crippen LogP contribution is 2.52. The molecule has 0 aromatic heterocycles. The zero-order chi connectivity index (χ0) is 37.7. The molecule has 0 saturated carbocycles. The van der Waals surface area contributed by atoms with Crippen molar-refractivity contribution in [3.63, 3.8) is 0 Å². The Bertz CT molecular complexity index is 1940. The summed E-state index contributed by atoms with van der Waals surface area (Å²) in [7, 11) is 1.46. The Morgan fingerprint density at radius 1 is 1.00 bits per heavy atom. The summed E-state index contributed by atoms with van der Waals surface area (Å²) in [5.41, 5.74) is -3.36. The van der Waals surface area contributed by atoms with Crippen LogP contribution in [0.3, 0.4) is 0 Å². The fourth-order valence-electron chi connectivity index (χ4n) is 6.73. The minimum atomic E-state index is -5.26. The summed E-state index contributed by atoms with van der Waals surface area (Å²) in [6, 6.07) is 10.5. The van der Waals surface area contributed by atoms with Crippen LogP contribution in [0.4, 0.5) is 23.7 Å². The summed E-state index contributed by atoms with van der Waals surface area (Å²) in [6.45, 7) is 0.584. The number of ether oxygens (including phenoxy) is 4. The molecule has 2 aliphatic carbocycles. The van der Waals surface area contributed by atoms with Crippen LogP contribution in [0.5, 0.6) is 17.2 Å². The summed E-state index contributed by atoms with van der Waals surface area (Å²) >= 11 is 0. The number of carbonyl (C=O) groups excluding carboxylic acids is 4. The normalized spacial score (nSPS) is 25.3. The summed E-state index contributed by atoms with van der Waals surface area (Å²) in [5.74, 6) is -4.89. The summed E-state index contributed by atoms with van der Waals surface area (Å²) in [6.07, 6.45) is -13.6. The molecule has 6 N–H and O–H groups in total. The third-order valence-electron chi connectivity index (χ3n) is 9.26. The maximum Gasteiger partial charge on any atom is 0.471 e. The lowest BCUT2D eigenvalue weighted by atomic mass is 9.73. The highest BCUT2D eigenvalue weighted by Gasteiger charge is 2.49. The van der Waals surface area contributed by atoms with Gasteiger partial charge < -0.3 is 44.7 Å². The third-order valence-corrected chi connectivity index (χ3v) is 9.26. The highest BCUT2D eigenvalue weighted by molar-refractivity contribution is 6.30. The maximum absolute atomic E-state index is 13.6. The van der Waals surface area contributed by atoms with Gasteiger partial charge in [-0.2, -0.15) is 13.2 Å². The van der Waals surface area contributed by atoms with Crippen molar-refractivity contribution in [1.82, 2.24) is 5.32 Å². The van der Waals surface area contributed by atoms with Crippen LogP contribution in [0.15, 0.2) is 48.5 Å². The van der Waals surface area contributed by atoms with Crippen molar-refractivity contribution in [2.75, 3.05) is 19.0 Å². The standard InChI is InChI=1S/C35H33F3N2O12/c1-15-27(41)21(40-32(46)35(36,37)38)11-23(51-15)52-22-13-34(48,14-50-33(47)39-16-7-9-17(49-2)10-8-16)12-20-24(22)31(45)26-25(30(20)44)28(42)18-5-3-4-6-19(18)29(26)43/h3-10,15,21-23,27,41,44-45,48H,11-14H2,1-2H3,(H,39,47)(H,40,46)/t15-,21-,22-,23-,27+,34-/m0/s1. The van der Waals surface area contributed by atoms with E-state index in [2.05, 4.69) is 5.32 Å². The van der Waals surface area contributed by atoms with Crippen molar-refractivity contribution in [2.24, 2.45) is 0 Å².